The summed E-state index contributed by atoms with van der Waals surface area (Å²) in [6.07, 6.45) is -0.0193. The molecule has 0 saturated carbocycles. The second kappa shape index (κ2) is 13.8. The molecule has 0 radical (unpaired) electrons. The van der Waals surface area contributed by atoms with Gasteiger partial charge in [0.25, 0.3) is 5.91 Å². The third kappa shape index (κ3) is 7.56. The number of nitrogens with one attached hydrogen (secondary N) is 1. The number of hydrogen-bond acceptors (Lipinski definition) is 10. The van der Waals surface area contributed by atoms with Crippen LogP contribution >= 0.6 is 11.3 Å². The van der Waals surface area contributed by atoms with Gasteiger partial charge in [-0.2, -0.15) is 13.2 Å². The maximum Gasteiger partial charge on any atom is 0.420 e. The molecule has 2 saturated heterocycles. The van der Waals surface area contributed by atoms with Gasteiger partial charge in [-0.25, -0.2) is 19.3 Å². The van der Waals surface area contributed by atoms with Crippen molar-refractivity contribution in [1.82, 2.24) is 24.8 Å². The van der Waals surface area contributed by atoms with Gasteiger partial charge in [-0.3, -0.25) is 24.7 Å². The summed E-state index contributed by atoms with van der Waals surface area (Å²) in [6.45, 7) is 7.63. The number of hydrogen-bond donors (Lipinski definition) is 2. The third-order valence-corrected chi connectivity index (χ3v) is 9.26. The number of nitrogens with zero attached hydrogens (tertiary/aromatic N) is 6. The number of methoxy groups -OCH3 is 1. The lowest BCUT2D eigenvalue weighted by atomic mass is 10.0. The highest BCUT2D eigenvalue weighted by molar-refractivity contribution is 7.16. The highest BCUT2D eigenvalue weighted by atomic mass is 32.1. The van der Waals surface area contributed by atoms with Crippen molar-refractivity contribution >= 4 is 34.2 Å². The summed E-state index contributed by atoms with van der Waals surface area (Å²) < 4.78 is 61.1. The standard InChI is InChI=1S/C30H35F4N7O4S/c1-17-5-4-7-40(17)16-23-26(19-11-20(30(32,33)34)27(45-3)21(31)12-19)37-29(46-23)38-28(44)22-13-36-24(14-35-22)41-10-9-39(15-18(41)2)8-6-25(42)43/h11-14,17-18H,4-10,15-16H2,1-3H3,(H,42,43)(H,37,38,44)/t17-,18-/m1/s1. The van der Waals surface area contributed by atoms with Gasteiger partial charge in [-0.05, 0) is 45.4 Å². The Morgan fingerprint density at radius 2 is 1.91 bits per heavy atom. The first-order valence-electron chi connectivity index (χ1n) is 14.9. The van der Waals surface area contributed by atoms with Crippen molar-refractivity contribution in [2.24, 2.45) is 0 Å². The van der Waals surface area contributed by atoms with Crippen molar-refractivity contribution in [3.8, 4) is 17.0 Å². The number of carboxylic acids is 1. The topological polar surface area (TPSA) is 124 Å². The SMILES string of the molecule is COc1c(F)cc(-c2nc(NC(=O)c3cnc(N4CCN(CCC(=O)O)C[C@H]4C)cn3)sc2CN2CCC[C@H]2C)cc1C(F)(F)F. The van der Waals surface area contributed by atoms with Crippen LogP contribution < -0.4 is 15.0 Å². The fourth-order valence-corrected chi connectivity index (χ4v) is 6.88. The van der Waals surface area contributed by atoms with E-state index in [1.54, 1.807) is 0 Å². The van der Waals surface area contributed by atoms with Gasteiger partial charge in [0.1, 0.15) is 17.1 Å². The Morgan fingerprint density at radius 3 is 2.52 bits per heavy atom. The number of benzene rings is 1. The molecule has 1 amide bonds. The number of aromatic nitrogens is 3. The minimum Gasteiger partial charge on any atom is -0.493 e. The molecule has 1 aromatic carbocycles. The fraction of sp³-hybridized carbons (Fsp3) is 0.500. The second-order valence-electron chi connectivity index (χ2n) is 11.5. The predicted octanol–water partition coefficient (Wildman–Crippen LogP) is 4.99. The first-order valence-corrected chi connectivity index (χ1v) is 15.7. The zero-order valence-corrected chi connectivity index (χ0v) is 26.4. The number of carbonyl (C=O) groups excluding carboxylic acids is 1. The molecule has 16 heteroatoms. The lowest BCUT2D eigenvalue weighted by Crippen LogP contribution is -2.52. The zero-order chi connectivity index (χ0) is 33.2. The van der Waals surface area contributed by atoms with E-state index in [0.717, 1.165) is 50.0 Å². The molecule has 2 aromatic heterocycles. The molecule has 0 aliphatic carbocycles. The lowest BCUT2D eigenvalue weighted by molar-refractivity contribution is -0.139. The Morgan fingerprint density at radius 1 is 1.13 bits per heavy atom. The second-order valence-corrected chi connectivity index (χ2v) is 12.6. The molecule has 11 nitrogen and oxygen atoms in total. The maximum absolute atomic E-state index is 14.9. The molecule has 248 valence electrons. The summed E-state index contributed by atoms with van der Waals surface area (Å²) in [5.41, 5.74) is -1.18. The van der Waals surface area contributed by atoms with Crippen LogP contribution in [0.2, 0.25) is 0 Å². The average Bonchev–Trinajstić information content (AvgIpc) is 3.60. The Bertz CT molecular complexity index is 1570. The van der Waals surface area contributed by atoms with Crippen molar-refractivity contribution in [2.75, 3.05) is 50.1 Å². The number of thiazole rings is 1. The number of alkyl halides is 3. The van der Waals surface area contributed by atoms with E-state index < -0.39 is 35.2 Å². The number of halogens is 4. The van der Waals surface area contributed by atoms with Crippen LogP contribution in [0.25, 0.3) is 11.3 Å². The van der Waals surface area contributed by atoms with E-state index in [4.69, 9.17) is 9.84 Å². The maximum atomic E-state index is 14.9. The normalized spacial score (nSPS) is 19.4. The number of amides is 1. The van der Waals surface area contributed by atoms with Gasteiger partial charge in [0, 0.05) is 55.2 Å². The monoisotopic (exact) mass is 665 g/mol. The van der Waals surface area contributed by atoms with E-state index >= 15 is 0 Å². The van der Waals surface area contributed by atoms with Crippen LogP contribution in [-0.4, -0.2) is 93.7 Å². The molecule has 2 aliphatic heterocycles. The predicted molar refractivity (Wildman–Crippen MR) is 164 cm³/mol. The van der Waals surface area contributed by atoms with Crippen LogP contribution in [0.4, 0.5) is 28.5 Å². The molecule has 2 N–H and O–H groups in total. The highest BCUT2D eigenvalue weighted by Gasteiger charge is 2.37. The number of rotatable bonds is 10. The van der Waals surface area contributed by atoms with Crippen molar-refractivity contribution < 1.29 is 37.0 Å². The van der Waals surface area contributed by atoms with E-state index in [1.807, 2.05) is 11.8 Å². The smallest absolute Gasteiger partial charge is 0.420 e. The summed E-state index contributed by atoms with van der Waals surface area (Å²) in [5.74, 6) is -2.94. The molecule has 4 heterocycles. The first-order chi connectivity index (χ1) is 21.8. The number of likely N-dealkylation sites (tertiary alicyclic amines) is 1. The van der Waals surface area contributed by atoms with Crippen LogP contribution in [0.5, 0.6) is 5.75 Å². The minimum atomic E-state index is -4.87. The summed E-state index contributed by atoms with van der Waals surface area (Å²) in [5, 5.41) is 11.8. The van der Waals surface area contributed by atoms with Gasteiger partial charge in [-0.15, -0.1) is 0 Å². The van der Waals surface area contributed by atoms with Gasteiger partial charge in [0.2, 0.25) is 0 Å². The molecule has 3 aromatic rings. The molecule has 2 atom stereocenters. The Labute approximate surface area is 267 Å². The Kier molecular flexibility index (Phi) is 10.1. The number of aliphatic carboxylic acids is 1. The molecule has 0 spiro atoms. The minimum absolute atomic E-state index is 0.0119. The van der Waals surface area contributed by atoms with Crippen LogP contribution in [0.3, 0.4) is 0 Å². The van der Waals surface area contributed by atoms with Crippen molar-refractivity contribution in [1.29, 1.82) is 0 Å². The summed E-state index contributed by atoms with van der Waals surface area (Å²) >= 11 is 1.11. The largest absolute Gasteiger partial charge is 0.493 e. The molecular weight excluding hydrogens is 630 g/mol. The van der Waals surface area contributed by atoms with E-state index in [-0.39, 0.29) is 40.6 Å². The number of carboxylic acid groups (broad SMARTS) is 1. The molecule has 0 bridgehead atoms. The average molecular weight is 666 g/mol. The van der Waals surface area contributed by atoms with Crippen molar-refractivity contribution in [3.63, 3.8) is 0 Å². The zero-order valence-electron chi connectivity index (χ0n) is 25.6. The number of piperazine rings is 1. The van der Waals surface area contributed by atoms with E-state index in [1.165, 1.54) is 12.4 Å². The molecule has 5 rings (SSSR count). The molecular formula is C30H35F4N7O4S. The number of carbonyl (C=O) groups is 2. The van der Waals surface area contributed by atoms with E-state index in [2.05, 4.69) is 37.0 Å². The van der Waals surface area contributed by atoms with Crippen molar-refractivity contribution in [3.05, 3.63) is 46.5 Å². The molecule has 46 heavy (non-hydrogen) atoms. The summed E-state index contributed by atoms with van der Waals surface area (Å²) in [7, 11) is 0.977. The summed E-state index contributed by atoms with van der Waals surface area (Å²) in [4.78, 5) is 44.1. The van der Waals surface area contributed by atoms with Gasteiger partial charge in [0.15, 0.2) is 16.7 Å². The van der Waals surface area contributed by atoms with Gasteiger partial charge in [-0.1, -0.05) is 11.3 Å². The van der Waals surface area contributed by atoms with Crippen LogP contribution in [0.15, 0.2) is 24.5 Å². The highest BCUT2D eigenvalue weighted by Crippen LogP contribution is 2.42. The van der Waals surface area contributed by atoms with Crippen LogP contribution in [0, 0.1) is 5.82 Å². The Hall–Kier alpha value is -3.89. The van der Waals surface area contributed by atoms with Gasteiger partial charge >= 0.3 is 12.1 Å². The number of anilines is 2. The molecule has 0 unspecified atom stereocenters. The Balaban J connectivity index is 1.36. The van der Waals surface area contributed by atoms with E-state index in [9.17, 15) is 27.2 Å². The summed E-state index contributed by atoms with van der Waals surface area (Å²) in [6, 6.07) is 2.07. The van der Waals surface area contributed by atoms with Crippen LogP contribution in [0.1, 0.15) is 54.0 Å². The van der Waals surface area contributed by atoms with Crippen molar-refractivity contribution in [2.45, 2.75) is 57.9 Å². The van der Waals surface area contributed by atoms with Crippen LogP contribution in [-0.2, 0) is 17.5 Å². The number of ether oxygens (including phenoxy) is 1. The fourth-order valence-electron chi connectivity index (χ4n) is 5.88. The van der Waals surface area contributed by atoms with Gasteiger partial charge < -0.3 is 14.7 Å². The third-order valence-electron chi connectivity index (χ3n) is 8.30. The molecule has 2 fully saturated rings. The van der Waals surface area contributed by atoms with E-state index in [0.29, 0.717) is 43.4 Å². The quantitative estimate of drug-likeness (QED) is 0.287. The van der Waals surface area contributed by atoms with Gasteiger partial charge in [0.05, 0.1) is 31.6 Å². The lowest BCUT2D eigenvalue weighted by Gasteiger charge is -2.40. The molecule has 2 aliphatic rings. The first kappa shape index (κ1) is 33.5.